The van der Waals surface area contributed by atoms with Crippen molar-refractivity contribution in [2.75, 3.05) is 13.1 Å². The van der Waals surface area contributed by atoms with Crippen molar-refractivity contribution in [1.29, 1.82) is 0 Å². The van der Waals surface area contributed by atoms with E-state index in [1.165, 1.54) is 9.20 Å². The summed E-state index contributed by atoms with van der Waals surface area (Å²) in [6.45, 7) is 5.57. The summed E-state index contributed by atoms with van der Waals surface area (Å²) in [6, 6.07) is 3.45. The van der Waals surface area contributed by atoms with Crippen molar-refractivity contribution in [2.24, 2.45) is 5.92 Å². The SMILES string of the molecule is Cc1c(C(=O)N2CCC(C)CC2)cnn1-c1nn2cccc2c(=O)[nH]1. The number of hydrogen-bond donors (Lipinski definition) is 1. The van der Waals surface area contributed by atoms with Crippen molar-refractivity contribution in [1.82, 2.24) is 29.3 Å². The minimum atomic E-state index is -0.247. The Bertz CT molecular complexity index is 990. The van der Waals surface area contributed by atoms with Gasteiger partial charge in [0, 0.05) is 19.3 Å². The van der Waals surface area contributed by atoms with Crippen LogP contribution in [0.3, 0.4) is 0 Å². The van der Waals surface area contributed by atoms with Crippen LogP contribution < -0.4 is 5.56 Å². The maximum atomic E-state index is 12.8. The first kappa shape index (κ1) is 15.6. The predicted octanol–water partition coefficient (Wildman–Crippen LogP) is 1.39. The molecule has 1 aliphatic heterocycles. The molecule has 0 spiro atoms. The van der Waals surface area contributed by atoms with Crippen molar-refractivity contribution in [3.63, 3.8) is 0 Å². The van der Waals surface area contributed by atoms with E-state index in [1.54, 1.807) is 24.5 Å². The highest BCUT2D eigenvalue weighted by Gasteiger charge is 2.25. The molecule has 0 unspecified atom stereocenters. The molecule has 8 nitrogen and oxygen atoms in total. The van der Waals surface area contributed by atoms with Crippen molar-refractivity contribution >= 4 is 11.4 Å². The molecule has 25 heavy (non-hydrogen) atoms. The highest BCUT2D eigenvalue weighted by atomic mass is 16.2. The molecule has 3 aromatic rings. The second-order valence-electron chi connectivity index (χ2n) is 6.65. The first-order valence-corrected chi connectivity index (χ1v) is 8.46. The molecule has 0 atom stereocenters. The second kappa shape index (κ2) is 5.87. The Hall–Kier alpha value is -2.90. The molecule has 0 bridgehead atoms. The lowest BCUT2D eigenvalue weighted by Gasteiger charge is -2.30. The number of rotatable bonds is 2. The summed E-state index contributed by atoms with van der Waals surface area (Å²) in [6.07, 6.45) is 5.31. The number of aromatic amines is 1. The van der Waals surface area contributed by atoms with E-state index in [9.17, 15) is 9.59 Å². The molecule has 1 saturated heterocycles. The molecular weight excluding hydrogens is 320 g/mol. The molecule has 0 aromatic carbocycles. The molecule has 8 heteroatoms. The van der Waals surface area contributed by atoms with Gasteiger partial charge in [-0.2, -0.15) is 5.10 Å². The molecule has 3 aromatic heterocycles. The number of hydrogen-bond acceptors (Lipinski definition) is 4. The van der Waals surface area contributed by atoms with E-state index in [2.05, 4.69) is 22.1 Å². The van der Waals surface area contributed by atoms with Crippen molar-refractivity contribution in [3.05, 3.63) is 46.1 Å². The minimum Gasteiger partial charge on any atom is -0.339 e. The van der Waals surface area contributed by atoms with Gasteiger partial charge in [0.1, 0.15) is 5.52 Å². The molecule has 4 heterocycles. The highest BCUT2D eigenvalue weighted by molar-refractivity contribution is 5.95. The fraction of sp³-hybridized carbons (Fsp3) is 0.412. The van der Waals surface area contributed by atoms with E-state index in [1.807, 2.05) is 11.8 Å². The smallest absolute Gasteiger partial charge is 0.276 e. The van der Waals surface area contributed by atoms with Gasteiger partial charge in [0.25, 0.3) is 11.5 Å². The van der Waals surface area contributed by atoms with Gasteiger partial charge in [0.2, 0.25) is 5.95 Å². The summed E-state index contributed by atoms with van der Waals surface area (Å²) < 4.78 is 3.00. The van der Waals surface area contributed by atoms with Crippen LogP contribution in [0, 0.1) is 12.8 Å². The van der Waals surface area contributed by atoms with Gasteiger partial charge < -0.3 is 4.90 Å². The molecule has 1 amide bonds. The third-order valence-electron chi connectivity index (χ3n) is 4.90. The lowest BCUT2D eigenvalue weighted by Crippen LogP contribution is -2.38. The normalized spacial score (nSPS) is 15.8. The maximum Gasteiger partial charge on any atom is 0.276 e. The van der Waals surface area contributed by atoms with Gasteiger partial charge in [-0.1, -0.05) is 6.92 Å². The Morgan fingerprint density at radius 3 is 2.84 bits per heavy atom. The van der Waals surface area contributed by atoms with Crippen molar-refractivity contribution in [3.8, 4) is 5.95 Å². The Labute approximate surface area is 144 Å². The first-order valence-electron chi connectivity index (χ1n) is 8.46. The Morgan fingerprint density at radius 1 is 1.32 bits per heavy atom. The molecule has 1 aliphatic rings. The zero-order valence-electron chi connectivity index (χ0n) is 14.3. The van der Waals surface area contributed by atoms with Crippen molar-refractivity contribution < 1.29 is 4.79 Å². The summed E-state index contributed by atoms with van der Waals surface area (Å²) in [5.41, 5.74) is 1.43. The van der Waals surface area contributed by atoms with Gasteiger partial charge in [-0.25, -0.2) is 9.20 Å². The topological polar surface area (TPSA) is 88.3 Å². The van der Waals surface area contributed by atoms with Crippen LogP contribution >= 0.6 is 0 Å². The first-order chi connectivity index (χ1) is 12.0. The van der Waals surface area contributed by atoms with Crippen molar-refractivity contribution in [2.45, 2.75) is 26.7 Å². The Balaban J connectivity index is 1.68. The average Bonchev–Trinajstić information content (AvgIpc) is 3.21. The summed E-state index contributed by atoms with van der Waals surface area (Å²) >= 11 is 0. The Morgan fingerprint density at radius 2 is 2.08 bits per heavy atom. The van der Waals surface area contributed by atoms with Crippen LogP contribution in [0.15, 0.2) is 29.3 Å². The van der Waals surface area contributed by atoms with Crippen LogP contribution in [0.4, 0.5) is 0 Å². The zero-order chi connectivity index (χ0) is 17.6. The van der Waals surface area contributed by atoms with Gasteiger partial charge in [0.05, 0.1) is 17.5 Å². The zero-order valence-corrected chi connectivity index (χ0v) is 14.3. The fourth-order valence-corrected chi connectivity index (χ4v) is 3.24. The molecule has 0 aliphatic carbocycles. The molecular formula is C17H20N6O2. The minimum absolute atomic E-state index is 0.0139. The van der Waals surface area contributed by atoms with Gasteiger partial charge >= 0.3 is 0 Å². The van der Waals surface area contributed by atoms with Crippen LogP contribution in [-0.2, 0) is 0 Å². The summed E-state index contributed by atoms with van der Waals surface area (Å²) in [7, 11) is 0. The largest absolute Gasteiger partial charge is 0.339 e. The third-order valence-corrected chi connectivity index (χ3v) is 4.90. The fourth-order valence-electron chi connectivity index (χ4n) is 3.24. The van der Waals surface area contributed by atoms with Gasteiger partial charge in [-0.15, -0.1) is 5.10 Å². The number of H-pyrrole nitrogens is 1. The molecule has 0 saturated carbocycles. The molecule has 1 fully saturated rings. The quantitative estimate of drug-likeness (QED) is 0.763. The number of carbonyl (C=O) groups is 1. The van der Waals surface area contributed by atoms with Crippen LogP contribution in [0.25, 0.3) is 11.5 Å². The number of carbonyl (C=O) groups excluding carboxylic acids is 1. The van der Waals surface area contributed by atoms with Crippen LogP contribution in [0.2, 0.25) is 0 Å². The van der Waals surface area contributed by atoms with E-state index in [0.717, 1.165) is 25.9 Å². The lowest BCUT2D eigenvalue weighted by atomic mass is 9.99. The molecule has 1 N–H and O–H groups in total. The summed E-state index contributed by atoms with van der Waals surface area (Å²) in [4.78, 5) is 29.5. The number of piperidine rings is 1. The molecule has 130 valence electrons. The van der Waals surface area contributed by atoms with Crippen LogP contribution in [0.1, 0.15) is 35.8 Å². The monoisotopic (exact) mass is 340 g/mol. The molecule has 4 rings (SSSR count). The van der Waals surface area contributed by atoms with Gasteiger partial charge in [0.15, 0.2) is 0 Å². The Kier molecular flexibility index (Phi) is 3.67. The predicted molar refractivity (Wildman–Crippen MR) is 92.0 cm³/mol. The summed E-state index contributed by atoms with van der Waals surface area (Å²) in [5.74, 6) is 0.938. The van der Waals surface area contributed by atoms with E-state index >= 15 is 0 Å². The number of aromatic nitrogens is 5. The van der Waals surface area contributed by atoms with Gasteiger partial charge in [-0.3, -0.25) is 14.6 Å². The van der Waals surface area contributed by atoms with E-state index in [-0.39, 0.29) is 17.4 Å². The lowest BCUT2D eigenvalue weighted by molar-refractivity contribution is 0.0696. The number of nitrogens with zero attached hydrogens (tertiary/aromatic N) is 5. The number of amides is 1. The maximum absolute atomic E-state index is 12.8. The summed E-state index contributed by atoms with van der Waals surface area (Å²) in [5, 5.41) is 8.63. The number of likely N-dealkylation sites (tertiary alicyclic amines) is 1. The highest BCUT2D eigenvalue weighted by Crippen LogP contribution is 2.20. The second-order valence-corrected chi connectivity index (χ2v) is 6.65. The number of fused-ring (bicyclic) bond motifs is 1. The standard InChI is InChI=1S/C17H20N6O2/c1-11-5-8-21(9-6-11)16(25)13-10-18-23(12(13)2)17-19-15(24)14-4-3-7-22(14)20-17/h3-4,7,10-11H,5-6,8-9H2,1-2H3,(H,19,20,24). The number of nitrogens with one attached hydrogen (secondary N) is 1. The van der Waals surface area contributed by atoms with E-state index in [4.69, 9.17) is 0 Å². The van der Waals surface area contributed by atoms with E-state index in [0.29, 0.717) is 22.7 Å². The average molecular weight is 340 g/mol. The molecule has 0 radical (unpaired) electrons. The van der Waals surface area contributed by atoms with Crippen LogP contribution in [-0.4, -0.2) is 48.3 Å². The van der Waals surface area contributed by atoms with Gasteiger partial charge in [-0.05, 0) is 37.8 Å². The van der Waals surface area contributed by atoms with Crippen LogP contribution in [0.5, 0.6) is 0 Å². The third kappa shape index (κ3) is 2.63. The van der Waals surface area contributed by atoms with E-state index < -0.39 is 0 Å².